The SMILES string of the molecule is Cc1ccc(F)c(C(N)CCCC(F)(F)F)c1F. The summed E-state index contributed by atoms with van der Waals surface area (Å²) in [5.74, 6) is -1.60. The first-order chi connectivity index (χ1) is 8.22. The summed E-state index contributed by atoms with van der Waals surface area (Å²) in [5.41, 5.74) is 5.43. The van der Waals surface area contributed by atoms with Gasteiger partial charge in [-0.1, -0.05) is 6.07 Å². The summed E-state index contributed by atoms with van der Waals surface area (Å²) in [7, 11) is 0. The van der Waals surface area contributed by atoms with Crippen LogP contribution in [0, 0.1) is 18.6 Å². The maximum atomic E-state index is 13.6. The molecule has 1 aromatic carbocycles. The lowest BCUT2D eigenvalue weighted by atomic mass is 9.98. The van der Waals surface area contributed by atoms with E-state index in [0.29, 0.717) is 0 Å². The molecule has 1 nitrogen and oxygen atoms in total. The van der Waals surface area contributed by atoms with Crippen molar-refractivity contribution in [3.05, 3.63) is 34.9 Å². The summed E-state index contributed by atoms with van der Waals surface area (Å²) in [6.07, 6.45) is -5.65. The van der Waals surface area contributed by atoms with Crippen LogP contribution >= 0.6 is 0 Å². The fourth-order valence-electron chi connectivity index (χ4n) is 1.69. The average Bonchev–Trinajstić information content (AvgIpc) is 2.22. The molecule has 0 bridgehead atoms. The highest BCUT2D eigenvalue weighted by Gasteiger charge is 2.27. The Bertz CT molecular complexity index is 414. The number of hydrogen-bond acceptors (Lipinski definition) is 1. The van der Waals surface area contributed by atoms with E-state index in [1.807, 2.05) is 0 Å². The van der Waals surface area contributed by atoms with Crippen molar-refractivity contribution in [3.8, 4) is 0 Å². The van der Waals surface area contributed by atoms with Gasteiger partial charge in [0, 0.05) is 18.0 Å². The van der Waals surface area contributed by atoms with Gasteiger partial charge in [0.15, 0.2) is 0 Å². The van der Waals surface area contributed by atoms with E-state index in [-0.39, 0.29) is 24.0 Å². The van der Waals surface area contributed by atoms with Crippen LogP contribution in [-0.4, -0.2) is 6.18 Å². The van der Waals surface area contributed by atoms with Gasteiger partial charge in [-0.25, -0.2) is 8.78 Å². The molecule has 0 saturated carbocycles. The second-order valence-electron chi connectivity index (χ2n) is 4.21. The molecule has 0 fully saturated rings. The van der Waals surface area contributed by atoms with Crippen molar-refractivity contribution >= 4 is 0 Å². The monoisotopic (exact) mass is 267 g/mol. The fraction of sp³-hybridized carbons (Fsp3) is 0.500. The topological polar surface area (TPSA) is 26.0 Å². The van der Waals surface area contributed by atoms with Gasteiger partial charge in [0.1, 0.15) is 11.6 Å². The van der Waals surface area contributed by atoms with E-state index >= 15 is 0 Å². The van der Waals surface area contributed by atoms with Gasteiger partial charge >= 0.3 is 6.18 Å². The summed E-state index contributed by atoms with van der Waals surface area (Å²) >= 11 is 0. The van der Waals surface area contributed by atoms with Crippen molar-refractivity contribution in [3.63, 3.8) is 0 Å². The zero-order valence-corrected chi connectivity index (χ0v) is 9.82. The van der Waals surface area contributed by atoms with Crippen LogP contribution in [0.15, 0.2) is 12.1 Å². The Balaban J connectivity index is 2.73. The number of nitrogens with two attached hydrogens (primary N) is 1. The lowest BCUT2D eigenvalue weighted by molar-refractivity contribution is -0.135. The molecule has 0 aliphatic carbocycles. The molecule has 6 heteroatoms. The van der Waals surface area contributed by atoms with E-state index in [0.717, 1.165) is 6.07 Å². The van der Waals surface area contributed by atoms with Gasteiger partial charge in [-0.2, -0.15) is 13.2 Å². The number of benzene rings is 1. The van der Waals surface area contributed by atoms with Crippen molar-refractivity contribution < 1.29 is 22.0 Å². The van der Waals surface area contributed by atoms with Crippen molar-refractivity contribution in [1.29, 1.82) is 0 Å². The van der Waals surface area contributed by atoms with Crippen molar-refractivity contribution in [1.82, 2.24) is 0 Å². The van der Waals surface area contributed by atoms with Gasteiger partial charge in [-0.3, -0.25) is 0 Å². The molecule has 1 atom stereocenters. The molecular weight excluding hydrogens is 253 g/mol. The third-order valence-corrected chi connectivity index (χ3v) is 2.67. The number of aryl methyl sites for hydroxylation is 1. The third-order valence-electron chi connectivity index (χ3n) is 2.67. The Hall–Kier alpha value is -1.17. The van der Waals surface area contributed by atoms with Gasteiger partial charge in [-0.05, 0) is 31.4 Å². The fourth-order valence-corrected chi connectivity index (χ4v) is 1.69. The predicted molar refractivity (Wildman–Crippen MR) is 57.9 cm³/mol. The summed E-state index contributed by atoms with van der Waals surface area (Å²) in [6, 6.07) is 1.26. The van der Waals surface area contributed by atoms with Crippen LogP contribution in [0.5, 0.6) is 0 Å². The summed E-state index contributed by atoms with van der Waals surface area (Å²) in [4.78, 5) is 0. The molecule has 0 radical (unpaired) electrons. The molecule has 0 heterocycles. The lowest BCUT2D eigenvalue weighted by Crippen LogP contribution is -2.16. The van der Waals surface area contributed by atoms with Crippen molar-refractivity contribution in [2.45, 2.75) is 38.4 Å². The van der Waals surface area contributed by atoms with Crippen LogP contribution < -0.4 is 5.73 Å². The zero-order valence-electron chi connectivity index (χ0n) is 9.82. The molecule has 102 valence electrons. The highest BCUT2D eigenvalue weighted by atomic mass is 19.4. The minimum absolute atomic E-state index is 0.114. The molecule has 1 unspecified atom stereocenters. The largest absolute Gasteiger partial charge is 0.389 e. The molecule has 1 aromatic rings. The maximum absolute atomic E-state index is 13.6. The van der Waals surface area contributed by atoms with E-state index in [2.05, 4.69) is 0 Å². The van der Waals surface area contributed by atoms with Crippen LogP contribution in [0.3, 0.4) is 0 Å². The quantitative estimate of drug-likeness (QED) is 0.820. The summed E-state index contributed by atoms with van der Waals surface area (Å²) < 4.78 is 62.9. The standard InChI is InChI=1S/C12H14F5N/c1-7-4-5-8(13)10(11(7)14)9(18)3-2-6-12(15,16)17/h4-5,9H,2-3,6,18H2,1H3. The normalized spacial score (nSPS) is 13.7. The minimum atomic E-state index is -4.27. The van der Waals surface area contributed by atoms with Crippen LogP contribution in [0.25, 0.3) is 0 Å². The minimum Gasteiger partial charge on any atom is -0.324 e. The van der Waals surface area contributed by atoms with Crippen LogP contribution in [0.4, 0.5) is 22.0 Å². The summed E-state index contributed by atoms with van der Waals surface area (Å²) in [6.45, 7) is 1.45. The second kappa shape index (κ2) is 5.65. The molecule has 2 N–H and O–H groups in total. The molecular formula is C12H14F5N. The molecule has 18 heavy (non-hydrogen) atoms. The summed E-state index contributed by atoms with van der Waals surface area (Å²) in [5, 5.41) is 0. The molecule has 1 rings (SSSR count). The highest BCUT2D eigenvalue weighted by molar-refractivity contribution is 5.28. The molecule has 0 spiro atoms. The van der Waals surface area contributed by atoms with Crippen LogP contribution in [0.1, 0.15) is 36.4 Å². The highest BCUT2D eigenvalue weighted by Crippen LogP contribution is 2.28. The number of alkyl halides is 3. The first-order valence-corrected chi connectivity index (χ1v) is 5.49. The van der Waals surface area contributed by atoms with Crippen LogP contribution in [0.2, 0.25) is 0 Å². The van der Waals surface area contributed by atoms with Crippen molar-refractivity contribution in [2.24, 2.45) is 5.73 Å². The third kappa shape index (κ3) is 3.94. The Morgan fingerprint density at radius 3 is 2.39 bits per heavy atom. The first-order valence-electron chi connectivity index (χ1n) is 5.49. The van der Waals surface area contributed by atoms with Gasteiger partial charge in [0.25, 0.3) is 0 Å². The molecule has 0 amide bonds. The van der Waals surface area contributed by atoms with Gasteiger partial charge in [0.05, 0.1) is 0 Å². The number of hydrogen-bond donors (Lipinski definition) is 1. The maximum Gasteiger partial charge on any atom is 0.389 e. The Morgan fingerprint density at radius 1 is 1.22 bits per heavy atom. The average molecular weight is 267 g/mol. The second-order valence-corrected chi connectivity index (χ2v) is 4.21. The van der Waals surface area contributed by atoms with Gasteiger partial charge < -0.3 is 5.73 Å². The Morgan fingerprint density at radius 2 is 1.83 bits per heavy atom. The van der Waals surface area contributed by atoms with Gasteiger partial charge in [-0.15, -0.1) is 0 Å². The van der Waals surface area contributed by atoms with E-state index < -0.39 is 30.3 Å². The number of halogens is 5. The van der Waals surface area contributed by atoms with E-state index in [1.165, 1.54) is 13.0 Å². The predicted octanol–water partition coefficient (Wildman–Crippen LogP) is 4.01. The van der Waals surface area contributed by atoms with Gasteiger partial charge in [0.2, 0.25) is 0 Å². The molecule has 0 aliphatic rings. The molecule has 0 aromatic heterocycles. The Kier molecular flexibility index (Phi) is 4.67. The number of rotatable bonds is 4. The first kappa shape index (κ1) is 14.9. The lowest BCUT2D eigenvalue weighted by Gasteiger charge is -2.15. The smallest absolute Gasteiger partial charge is 0.324 e. The van der Waals surface area contributed by atoms with E-state index in [9.17, 15) is 22.0 Å². The van der Waals surface area contributed by atoms with Crippen molar-refractivity contribution in [2.75, 3.05) is 0 Å². The Labute approximate surface area is 102 Å². The van der Waals surface area contributed by atoms with Crippen LogP contribution in [-0.2, 0) is 0 Å². The van der Waals surface area contributed by atoms with E-state index in [4.69, 9.17) is 5.73 Å². The molecule has 0 saturated heterocycles. The molecule has 0 aliphatic heterocycles. The zero-order chi connectivity index (χ0) is 13.9. The van der Waals surface area contributed by atoms with E-state index in [1.54, 1.807) is 0 Å².